The van der Waals surface area contributed by atoms with Gasteiger partial charge in [0.1, 0.15) is 11.5 Å². The Morgan fingerprint density at radius 2 is 2.03 bits per heavy atom. The highest BCUT2D eigenvalue weighted by molar-refractivity contribution is 5.92. The fourth-order valence-electron chi connectivity index (χ4n) is 2.99. The van der Waals surface area contributed by atoms with Gasteiger partial charge >= 0.3 is 0 Å². The van der Waals surface area contributed by atoms with Gasteiger partial charge in [0.25, 0.3) is 5.91 Å². The molecule has 0 radical (unpaired) electrons. The number of hydrogen-bond acceptors (Lipinski definition) is 7. The summed E-state index contributed by atoms with van der Waals surface area (Å²) in [5, 5.41) is 2.81. The number of rotatable bonds is 9. The molecule has 2 amide bonds. The summed E-state index contributed by atoms with van der Waals surface area (Å²) in [6, 6.07) is 3.57. The van der Waals surface area contributed by atoms with E-state index in [1.165, 1.54) is 6.20 Å². The van der Waals surface area contributed by atoms with Crippen molar-refractivity contribution in [3.8, 4) is 0 Å². The number of amides is 2. The second-order valence-corrected chi connectivity index (χ2v) is 6.90. The summed E-state index contributed by atoms with van der Waals surface area (Å²) >= 11 is 0. The van der Waals surface area contributed by atoms with Crippen molar-refractivity contribution in [1.29, 1.82) is 0 Å². The van der Waals surface area contributed by atoms with E-state index >= 15 is 0 Å². The van der Waals surface area contributed by atoms with Crippen LogP contribution < -0.4 is 5.32 Å². The molecule has 0 atom stereocenters. The quantitative estimate of drug-likeness (QED) is 0.665. The highest BCUT2D eigenvalue weighted by atomic mass is 16.5. The molecule has 2 aromatic rings. The predicted molar refractivity (Wildman–Crippen MR) is 105 cm³/mol. The van der Waals surface area contributed by atoms with Gasteiger partial charge in [0.15, 0.2) is 0 Å². The van der Waals surface area contributed by atoms with Gasteiger partial charge in [-0.3, -0.25) is 19.5 Å². The summed E-state index contributed by atoms with van der Waals surface area (Å²) in [5.74, 6) is 0.332. The molecule has 29 heavy (non-hydrogen) atoms. The van der Waals surface area contributed by atoms with Crippen molar-refractivity contribution >= 4 is 11.8 Å². The first-order valence-corrected chi connectivity index (χ1v) is 9.79. The molecule has 156 valence electrons. The van der Waals surface area contributed by atoms with Gasteiger partial charge in [0.2, 0.25) is 5.91 Å². The Morgan fingerprint density at radius 3 is 2.72 bits per heavy atom. The lowest BCUT2D eigenvalue weighted by Crippen LogP contribution is -2.44. The molecule has 9 nitrogen and oxygen atoms in total. The van der Waals surface area contributed by atoms with Crippen LogP contribution in [0.5, 0.6) is 0 Å². The van der Waals surface area contributed by atoms with Crippen LogP contribution in [0.4, 0.5) is 0 Å². The van der Waals surface area contributed by atoms with Crippen LogP contribution >= 0.6 is 0 Å². The number of carbonyl (C=O) groups is 2. The van der Waals surface area contributed by atoms with E-state index in [0.717, 1.165) is 25.3 Å². The minimum absolute atomic E-state index is 0.138. The highest BCUT2D eigenvalue weighted by Gasteiger charge is 2.20. The zero-order chi connectivity index (χ0) is 20.5. The van der Waals surface area contributed by atoms with Gasteiger partial charge in [-0.2, -0.15) is 0 Å². The van der Waals surface area contributed by atoms with E-state index in [1.807, 2.05) is 6.92 Å². The van der Waals surface area contributed by atoms with Crippen LogP contribution in [0.2, 0.25) is 0 Å². The Kier molecular flexibility index (Phi) is 7.71. The number of aryl methyl sites for hydroxylation is 1. The molecule has 1 fully saturated rings. The largest absolute Gasteiger partial charge is 0.467 e. The third kappa shape index (κ3) is 6.65. The number of nitrogens with zero attached hydrogens (tertiary/aromatic N) is 4. The molecule has 0 aromatic carbocycles. The summed E-state index contributed by atoms with van der Waals surface area (Å²) in [6.07, 6.45) is 4.82. The maximum Gasteiger partial charge on any atom is 0.274 e. The minimum atomic E-state index is -0.218. The molecule has 2 aromatic heterocycles. The number of ether oxygens (including phenoxy) is 1. The standard InChI is InChI=1S/C20H27N5O4/c1-16-13-22-18(15-21-16)20(27)25(7-6-24-8-11-28-12-9-24)5-4-19(26)23-14-17-3-2-10-29-17/h2-3,10,13,15H,4-9,11-12,14H2,1H3,(H,23,26). The second kappa shape index (κ2) is 10.7. The molecule has 0 aliphatic carbocycles. The van der Waals surface area contributed by atoms with Gasteiger partial charge in [-0.1, -0.05) is 0 Å². The third-order valence-electron chi connectivity index (χ3n) is 4.73. The van der Waals surface area contributed by atoms with E-state index in [2.05, 4.69) is 20.2 Å². The van der Waals surface area contributed by atoms with E-state index in [0.29, 0.717) is 38.6 Å². The van der Waals surface area contributed by atoms with Gasteiger partial charge < -0.3 is 19.4 Å². The van der Waals surface area contributed by atoms with Gasteiger partial charge in [-0.15, -0.1) is 0 Å². The Labute approximate surface area is 170 Å². The van der Waals surface area contributed by atoms with Crippen molar-refractivity contribution in [1.82, 2.24) is 25.1 Å². The molecular formula is C20H27N5O4. The molecule has 0 spiro atoms. The Morgan fingerprint density at radius 1 is 1.21 bits per heavy atom. The third-order valence-corrected chi connectivity index (χ3v) is 4.73. The van der Waals surface area contributed by atoms with Crippen molar-refractivity contribution < 1.29 is 18.7 Å². The molecule has 0 unspecified atom stereocenters. The lowest BCUT2D eigenvalue weighted by molar-refractivity contribution is -0.121. The van der Waals surface area contributed by atoms with Crippen molar-refractivity contribution in [2.75, 3.05) is 45.9 Å². The molecule has 1 saturated heterocycles. The van der Waals surface area contributed by atoms with E-state index in [4.69, 9.17) is 9.15 Å². The maximum absolute atomic E-state index is 12.9. The maximum atomic E-state index is 12.9. The van der Waals surface area contributed by atoms with Crippen molar-refractivity contribution in [3.63, 3.8) is 0 Å². The minimum Gasteiger partial charge on any atom is -0.467 e. The SMILES string of the molecule is Cc1cnc(C(=O)N(CCC(=O)NCc2ccco2)CCN2CCOCC2)cn1. The molecule has 1 aliphatic heterocycles. The average Bonchev–Trinajstić information content (AvgIpc) is 3.27. The van der Waals surface area contributed by atoms with Crippen LogP contribution in [0.3, 0.4) is 0 Å². The van der Waals surface area contributed by atoms with E-state index < -0.39 is 0 Å². The van der Waals surface area contributed by atoms with Crippen LogP contribution in [-0.2, 0) is 16.1 Å². The van der Waals surface area contributed by atoms with Crippen LogP contribution in [0, 0.1) is 6.92 Å². The molecular weight excluding hydrogens is 374 g/mol. The van der Waals surface area contributed by atoms with Crippen LogP contribution in [0.25, 0.3) is 0 Å². The zero-order valence-electron chi connectivity index (χ0n) is 16.7. The molecule has 1 aliphatic rings. The molecule has 3 heterocycles. The van der Waals surface area contributed by atoms with Gasteiger partial charge in [-0.05, 0) is 19.1 Å². The molecule has 0 bridgehead atoms. The monoisotopic (exact) mass is 401 g/mol. The Hall–Kier alpha value is -2.78. The van der Waals surface area contributed by atoms with Gasteiger partial charge in [-0.25, -0.2) is 4.98 Å². The number of furan rings is 1. The summed E-state index contributed by atoms with van der Waals surface area (Å²) in [4.78, 5) is 37.4. The van der Waals surface area contributed by atoms with Gasteiger partial charge in [0, 0.05) is 45.3 Å². The zero-order valence-corrected chi connectivity index (χ0v) is 16.7. The number of carbonyl (C=O) groups excluding carboxylic acids is 2. The van der Waals surface area contributed by atoms with Crippen molar-refractivity contribution in [3.05, 3.63) is 47.9 Å². The van der Waals surface area contributed by atoms with Crippen LogP contribution in [-0.4, -0.2) is 77.5 Å². The topological polar surface area (TPSA) is 101 Å². The fourth-order valence-corrected chi connectivity index (χ4v) is 2.99. The van der Waals surface area contributed by atoms with E-state index in [9.17, 15) is 9.59 Å². The average molecular weight is 401 g/mol. The summed E-state index contributed by atoms with van der Waals surface area (Å²) in [5.41, 5.74) is 1.03. The molecule has 0 saturated carbocycles. The van der Waals surface area contributed by atoms with Crippen LogP contribution in [0.15, 0.2) is 35.2 Å². The Balaban J connectivity index is 1.55. The van der Waals surface area contributed by atoms with Crippen LogP contribution in [0.1, 0.15) is 28.4 Å². The van der Waals surface area contributed by atoms with E-state index in [1.54, 1.807) is 29.5 Å². The van der Waals surface area contributed by atoms with Gasteiger partial charge in [0.05, 0.1) is 37.9 Å². The number of aromatic nitrogens is 2. The second-order valence-electron chi connectivity index (χ2n) is 6.90. The van der Waals surface area contributed by atoms with Crippen molar-refractivity contribution in [2.45, 2.75) is 19.9 Å². The normalized spacial score (nSPS) is 14.5. The van der Waals surface area contributed by atoms with E-state index in [-0.39, 0.29) is 23.9 Å². The first kappa shape index (κ1) is 20.9. The number of nitrogens with one attached hydrogen (secondary N) is 1. The summed E-state index contributed by atoms with van der Waals surface area (Å²) in [6.45, 7) is 6.79. The number of hydrogen-bond donors (Lipinski definition) is 1. The highest BCUT2D eigenvalue weighted by Crippen LogP contribution is 2.05. The first-order valence-electron chi connectivity index (χ1n) is 9.79. The molecule has 1 N–H and O–H groups in total. The summed E-state index contributed by atoms with van der Waals surface area (Å²) in [7, 11) is 0. The fraction of sp³-hybridized carbons (Fsp3) is 0.500. The first-order chi connectivity index (χ1) is 14.1. The Bertz CT molecular complexity index is 773. The summed E-state index contributed by atoms with van der Waals surface area (Å²) < 4.78 is 10.6. The molecule has 9 heteroatoms. The van der Waals surface area contributed by atoms with Crippen molar-refractivity contribution in [2.24, 2.45) is 0 Å². The smallest absolute Gasteiger partial charge is 0.274 e. The molecule has 3 rings (SSSR count). The predicted octanol–water partition coefficient (Wildman–Crippen LogP) is 0.859. The lowest BCUT2D eigenvalue weighted by atomic mass is 10.3. The lowest BCUT2D eigenvalue weighted by Gasteiger charge is -2.30. The number of morpholine rings is 1.